The maximum atomic E-state index is 12.5. The van der Waals surface area contributed by atoms with Gasteiger partial charge in [-0.05, 0) is 33.1 Å². The van der Waals surface area contributed by atoms with E-state index in [4.69, 9.17) is 0 Å². The summed E-state index contributed by atoms with van der Waals surface area (Å²) >= 11 is 0. The van der Waals surface area contributed by atoms with Gasteiger partial charge in [0.2, 0.25) is 0 Å². The maximum absolute atomic E-state index is 12.5. The van der Waals surface area contributed by atoms with Crippen LogP contribution in [0, 0.1) is 16.7 Å². The van der Waals surface area contributed by atoms with Gasteiger partial charge in [0.1, 0.15) is 5.60 Å². The molecule has 2 fully saturated rings. The van der Waals surface area contributed by atoms with Crippen LogP contribution in [0.3, 0.4) is 0 Å². The van der Waals surface area contributed by atoms with Crippen molar-refractivity contribution in [2.24, 2.45) is 16.7 Å². The minimum atomic E-state index is -1.29. The van der Waals surface area contributed by atoms with Gasteiger partial charge in [-0.15, -0.1) is 0 Å². The topological polar surface area (TPSA) is 54.4 Å². The average molecular weight is 248 g/mol. The minimum Gasteiger partial charge on any atom is -0.381 e. The number of carbonyl (C=O) groups is 2. The third-order valence-electron chi connectivity index (χ3n) is 5.52. The Bertz CT molecular complexity index is 504. The first-order chi connectivity index (χ1) is 8.15. The van der Waals surface area contributed by atoms with Gasteiger partial charge in [0.25, 0.3) is 0 Å². The zero-order chi connectivity index (χ0) is 13.5. The van der Waals surface area contributed by atoms with Crippen molar-refractivity contribution in [1.82, 2.24) is 0 Å². The monoisotopic (exact) mass is 248 g/mol. The van der Waals surface area contributed by atoms with Crippen LogP contribution in [0.5, 0.6) is 0 Å². The van der Waals surface area contributed by atoms with Crippen LogP contribution in [-0.4, -0.2) is 22.3 Å². The summed E-state index contributed by atoms with van der Waals surface area (Å²) in [5.74, 6) is -0.409. The van der Waals surface area contributed by atoms with Crippen LogP contribution in [-0.2, 0) is 9.59 Å². The molecule has 3 rings (SSSR count). The Morgan fingerprint density at radius 3 is 2.22 bits per heavy atom. The second kappa shape index (κ2) is 2.96. The van der Waals surface area contributed by atoms with Crippen molar-refractivity contribution in [3.8, 4) is 0 Å². The molecule has 0 aromatic heterocycles. The molecule has 3 heteroatoms. The summed E-state index contributed by atoms with van der Waals surface area (Å²) in [6.07, 6.45) is 2.19. The highest BCUT2D eigenvalue weighted by Gasteiger charge is 2.68. The number of ketones is 2. The largest absolute Gasteiger partial charge is 0.381 e. The maximum Gasteiger partial charge on any atom is 0.172 e. The van der Waals surface area contributed by atoms with Crippen molar-refractivity contribution in [3.63, 3.8) is 0 Å². The molecule has 2 unspecified atom stereocenters. The molecule has 0 bridgehead atoms. The standard InChI is InChI=1S/C15H20O3/c1-8-10-9(7-13(2,3)12(10)17)11(16)14(4,18)15(8)5-6-15/h9,18H,5-7H2,1-4H3. The number of Topliss-reactive ketones (excluding diaryl/α,β-unsaturated/α-hetero) is 2. The Morgan fingerprint density at radius 2 is 1.72 bits per heavy atom. The van der Waals surface area contributed by atoms with Crippen LogP contribution in [0.15, 0.2) is 11.1 Å². The van der Waals surface area contributed by atoms with Gasteiger partial charge in [-0.1, -0.05) is 19.4 Å². The van der Waals surface area contributed by atoms with Gasteiger partial charge in [0.05, 0.1) is 5.92 Å². The molecule has 0 amide bonds. The number of rotatable bonds is 0. The van der Waals surface area contributed by atoms with Crippen molar-refractivity contribution in [1.29, 1.82) is 0 Å². The fourth-order valence-electron chi connectivity index (χ4n) is 4.07. The van der Waals surface area contributed by atoms with Crippen molar-refractivity contribution in [3.05, 3.63) is 11.1 Å². The second-order valence-electron chi connectivity index (χ2n) is 7.03. The van der Waals surface area contributed by atoms with E-state index in [9.17, 15) is 14.7 Å². The van der Waals surface area contributed by atoms with Crippen LogP contribution in [0.25, 0.3) is 0 Å². The Morgan fingerprint density at radius 1 is 1.17 bits per heavy atom. The van der Waals surface area contributed by atoms with E-state index < -0.39 is 16.4 Å². The lowest BCUT2D eigenvalue weighted by Crippen LogP contribution is -2.52. The fraction of sp³-hybridized carbons (Fsp3) is 0.733. The number of aliphatic hydroxyl groups is 1. The molecule has 1 spiro atoms. The van der Waals surface area contributed by atoms with Gasteiger partial charge in [-0.25, -0.2) is 0 Å². The normalized spacial score (nSPS) is 40.4. The molecule has 3 aliphatic rings. The Labute approximate surface area is 107 Å². The van der Waals surface area contributed by atoms with Crippen molar-refractivity contribution in [2.75, 3.05) is 0 Å². The third kappa shape index (κ3) is 1.09. The van der Waals surface area contributed by atoms with Crippen molar-refractivity contribution < 1.29 is 14.7 Å². The van der Waals surface area contributed by atoms with Crippen LogP contribution >= 0.6 is 0 Å². The number of hydrogen-bond donors (Lipinski definition) is 1. The molecule has 2 saturated carbocycles. The summed E-state index contributed by atoms with van der Waals surface area (Å²) in [6.45, 7) is 7.37. The number of allylic oxidation sites excluding steroid dienone is 1. The lowest BCUT2D eigenvalue weighted by Gasteiger charge is -2.40. The van der Waals surface area contributed by atoms with Crippen LogP contribution in [0.2, 0.25) is 0 Å². The molecule has 0 aromatic rings. The van der Waals surface area contributed by atoms with E-state index in [0.29, 0.717) is 12.0 Å². The van der Waals surface area contributed by atoms with E-state index >= 15 is 0 Å². The van der Waals surface area contributed by atoms with E-state index in [0.717, 1.165) is 18.4 Å². The summed E-state index contributed by atoms with van der Waals surface area (Å²) in [5.41, 5.74) is -0.493. The number of fused-ring (bicyclic) bond motifs is 1. The number of carbonyl (C=O) groups excluding carboxylic acids is 2. The van der Waals surface area contributed by atoms with E-state index in [2.05, 4.69) is 0 Å². The second-order valence-corrected chi connectivity index (χ2v) is 7.03. The van der Waals surface area contributed by atoms with Crippen molar-refractivity contribution in [2.45, 2.75) is 52.6 Å². The van der Waals surface area contributed by atoms with Crippen LogP contribution in [0.1, 0.15) is 47.0 Å². The molecular weight excluding hydrogens is 228 g/mol. The zero-order valence-corrected chi connectivity index (χ0v) is 11.5. The molecule has 0 saturated heterocycles. The fourth-order valence-corrected chi connectivity index (χ4v) is 4.07. The van der Waals surface area contributed by atoms with Crippen molar-refractivity contribution >= 4 is 11.6 Å². The van der Waals surface area contributed by atoms with E-state index in [1.807, 2.05) is 20.8 Å². The molecule has 0 aromatic carbocycles. The molecule has 0 heterocycles. The lowest BCUT2D eigenvalue weighted by atomic mass is 9.66. The molecule has 3 nitrogen and oxygen atoms in total. The molecule has 1 N–H and O–H groups in total. The van der Waals surface area contributed by atoms with E-state index in [-0.39, 0.29) is 17.5 Å². The van der Waals surface area contributed by atoms with E-state index in [1.165, 1.54) is 0 Å². The Kier molecular flexibility index (Phi) is 1.99. The highest BCUT2D eigenvalue weighted by Crippen LogP contribution is 2.65. The first-order valence-electron chi connectivity index (χ1n) is 6.68. The Hall–Kier alpha value is -0.960. The summed E-state index contributed by atoms with van der Waals surface area (Å²) in [7, 11) is 0. The van der Waals surface area contributed by atoms with Gasteiger partial charge in [-0.2, -0.15) is 0 Å². The van der Waals surface area contributed by atoms with Gasteiger partial charge in [-0.3, -0.25) is 9.59 Å². The molecule has 0 radical (unpaired) electrons. The van der Waals surface area contributed by atoms with Gasteiger partial charge in [0.15, 0.2) is 11.6 Å². The highest BCUT2D eigenvalue weighted by atomic mass is 16.3. The quantitative estimate of drug-likeness (QED) is 0.713. The summed E-state index contributed by atoms with van der Waals surface area (Å²) in [6, 6.07) is 0. The van der Waals surface area contributed by atoms with Gasteiger partial charge in [0, 0.05) is 16.4 Å². The SMILES string of the molecule is CC1=C2C(=O)C(C)(C)CC2C(=O)C(C)(O)C12CC2. The molecule has 18 heavy (non-hydrogen) atoms. The summed E-state index contributed by atoms with van der Waals surface area (Å²) in [4.78, 5) is 25.0. The highest BCUT2D eigenvalue weighted by molar-refractivity contribution is 6.12. The Balaban J connectivity index is 2.23. The van der Waals surface area contributed by atoms with Crippen LogP contribution < -0.4 is 0 Å². The van der Waals surface area contributed by atoms with E-state index in [1.54, 1.807) is 6.92 Å². The molecule has 98 valence electrons. The van der Waals surface area contributed by atoms with Crippen LogP contribution in [0.4, 0.5) is 0 Å². The lowest BCUT2D eigenvalue weighted by molar-refractivity contribution is -0.146. The first kappa shape index (κ1) is 12.1. The zero-order valence-electron chi connectivity index (χ0n) is 11.5. The number of hydrogen-bond acceptors (Lipinski definition) is 3. The molecule has 0 aliphatic heterocycles. The molecule has 2 atom stereocenters. The first-order valence-corrected chi connectivity index (χ1v) is 6.68. The van der Waals surface area contributed by atoms with Gasteiger partial charge < -0.3 is 5.11 Å². The molecule has 3 aliphatic carbocycles. The third-order valence-corrected chi connectivity index (χ3v) is 5.52. The minimum absolute atomic E-state index is 0.111. The summed E-state index contributed by atoms with van der Waals surface area (Å²) < 4.78 is 0. The smallest absolute Gasteiger partial charge is 0.172 e. The predicted octanol–water partition coefficient (Wildman–Crippen LogP) is 2.03. The summed E-state index contributed by atoms with van der Waals surface area (Å²) in [5, 5.41) is 10.6. The predicted molar refractivity (Wildman–Crippen MR) is 66.9 cm³/mol. The van der Waals surface area contributed by atoms with Gasteiger partial charge >= 0.3 is 0 Å². The average Bonchev–Trinajstić information content (AvgIpc) is 3.02. The molecular formula is C15H20O3.